The number of carbonyl (C=O) groups excluding carboxylic acids is 1. The van der Waals surface area contributed by atoms with Gasteiger partial charge < -0.3 is 10.2 Å². The quantitative estimate of drug-likeness (QED) is 0.612. The lowest BCUT2D eigenvalue weighted by atomic mass is 10.4. The number of ketones is 1. The molecule has 70 valence electrons. The summed E-state index contributed by atoms with van der Waals surface area (Å²) in [4.78, 5) is 28.5. The van der Waals surface area contributed by atoms with E-state index in [2.05, 4.69) is 0 Å². The smallest absolute Gasteiger partial charge is 0.371 e. The van der Waals surface area contributed by atoms with Crippen LogP contribution in [0.25, 0.3) is 0 Å². The number of Topliss-reactive ketones (excluding diaryl/α,β-unsaturated/α-hetero) is 1. The van der Waals surface area contributed by atoms with E-state index in [9.17, 15) is 14.4 Å². The number of rotatable bonds is 3. The van der Waals surface area contributed by atoms with Gasteiger partial charge in [-0.05, 0) is 6.42 Å². The van der Waals surface area contributed by atoms with Crippen LogP contribution in [0.3, 0.4) is 0 Å². The first-order valence-electron chi connectivity index (χ1n) is 3.37. The van der Waals surface area contributed by atoms with Crippen LogP contribution in [-0.2, 0) is 14.4 Å². The normalized spacial score (nSPS) is 7.83. The van der Waals surface area contributed by atoms with Gasteiger partial charge in [0.05, 0.1) is 0 Å². The predicted molar refractivity (Wildman–Crippen MR) is 40.9 cm³/mol. The largest absolute Gasteiger partial charge is 0.481 e. The number of carboxylic acids is 2. The first kappa shape index (κ1) is 13.2. The lowest BCUT2D eigenvalue weighted by Gasteiger charge is -1.79. The third-order valence-corrected chi connectivity index (χ3v) is 0.765. The molecule has 2 N–H and O–H groups in total. The zero-order valence-electron chi connectivity index (χ0n) is 7.03. The second kappa shape index (κ2) is 7.71. The Morgan fingerprint density at radius 2 is 1.50 bits per heavy atom. The van der Waals surface area contributed by atoms with Crippen molar-refractivity contribution in [1.82, 2.24) is 0 Å². The van der Waals surface area contributed by atoms with Gasteiger partial charge >= 0.3 is 11.9 Å². The zero-order chi connectivity index (χ0) is 10.1. The van der Waals surface area contributed by atoms with Gasteiger partial charge in [0, 0.05) is 13.3 Å². The summed E-state index contributed by atoms with van der Waals surface area (Å²) in [6.07, 6.45) is 1.02. The molecule has 0 fully saturated rings. The summed E-state index contributed by atoms with van der Waals surface area (Å²) in [5, 5.41) is 15.6. The van der Waals surface area contributed by atoms with Gasteiger partial charge in [0.1, 0.15) is 0 Å². The Labute approximate surface area is 70.0 Å². The van der Waals surface area contributed by atoms with Crippen molar-refractivity contribution >= 4 is 17.7 Å². The van der Waals surface area contributed by atoms with Crippen molar-refractivity contribution in [2.75, 3.05) is 0 Å². The number of hydrogen-bond acceptors (Lipinski definition) is 3. The minimum atomic E-state index is -1.38. The molecule has 0 amide bonds. The van der Waals surface area contributed by atoms with Crippen LogP contribution in [0.5, 0.6) is 0 Å². The molecule has 0 spiro atoms. The Bertz CT molecular complexity index is 161. The van der Waals surface area contributed by atoms with Crippen molar-refractivity contribution < 1.29 is 24.6 Å². The number of carboxylic acid groups (broad SMARTS) is 2. The van der Waals surface area contributed by atoms with Gasteiger partial charge in [0.15, 0.2) is 0 Å². The number of hydrogen-bond donors (Lipinski definition) is 2. The highest BCUT2D eigenvalue weighted by Crippen LogP contribution is 1.82. The van der Waals surface area contributed by atoms with Crippen LogP contribution >= 0.6 is 0 Å². The van der Waals surface area contributed by atoms with Crippen LogP contribution in [0.15, 0.2) is 0 Å². The molecule has 0 saturated carbocycles. The Morgan fingerprint density at radius 3 is 1.50 bits per heavy atom. The van der Waals surface area contributed by atoms with Crippen molar-refractivity contribution in [1.29, 1.82) is 0 Å². The van der Waals surface area contributed by atoms with Crippen molar-refractivity contribution in [3.05, 3.63) is 0 Å². The van der Waals surface area contributed by atoms with Gasteiger partial charge in [-0.3, -0.25) is 9.59 Å². The van der Waals surface area contributed by atoms with E-state index in [1.54, 1.807) is 0 Å². The van der Waals surface area contributed by atoms with Crippen LogP contribution < -0.4 is 0 Å². The van der Waals surface area contributed by atoms with Crippen LogP contribution in [0.4, 0.5) is 0 Å². The molecule has 0 radical (unpaired) electrons. The van der Waals surface area contributed by atoms with Crippen molar-refractivity contribution in [2.24, 2.45) is 0 Å². The summed E-state index contributed by atoms with van der Waals surface area (Å²) in [6, 6.07) is 0. The molecule has 12 heavy (non-hydrogen) atoms. The monoisotopic (exact) mass is 176 g/mol. The van der Waals surface area contributed by atoms with Gasteiger partial charge in [-0.1, -0.05) is 6.92 Å². The zero-order valence-corrected chi connectivity index (χ0v) is 7.03. The second-order valence-corrected chi connectivity index (χ2v) is 2.01. The highest BCUT2D eigenvalue weighted by Gasteiger charge is 1.98. The van der Waals surface area contributed by atoms with E-state index in [0.29, 0.717) is 6.42 Å². The Morgan fingerprint density at radius 1 is 1.17 bits per heavy atom. The van der Waals surface area contributed by atoms with Crippen LogP contribution in [0.1, 0.15) is 26.7 Å². The molecular weight excluding hydrogens is 164 g/mol. The molecule has 0 aliphatic rings. The van der Waals surface area contributed by atoms with Crippen LogP contribution in [0.2, 0.25) is 0 Å². The molecular formula is C7H12O5. The van der Waals surface area contributed by atoms with E-state index in [4.69, 9.17) is 10.2 Å². The Hall–Kier alpha value is -1.39. The lowest BCUT2D eigenvalue weighted by molar-refractivity contribution is -0.148. The maximum atomic E-state index is 9.60. The molecule has 0 atom stereocenters. The van der Waals surface area contributed by atoms with Gasteiger partial charge in [-0.25, -0.2) is 4.79 Å². The van der Waals surface area contributed by atoms with E-state index in [1.807, 2.05) is 6.92 Å². The molecule has 0 unspecified atom stereocenters. The van der Waals surface area contributed by atoms with E-state index in [0.717, 1.165) is 13.3 Å². The molecule has 0 aliphatic heterocycles. The van der Waals surface area contributed by atoms with Crippen molar-refractivity contribution in [3.63, 3.8) is 0 Å². The summed E-state index contributed by atoms with van der Waals surface area (Å²) in [7, 11) is 0. The highest BCUT2D eigenvalue weighted by molar-refractivity contribution is 6.31. The topological polar surface area (TPSA) is 91.7 Å². The molecule has 0 bridgehead atoms. The van der Waals surface area contributed by atoms with Crippen LogP contribution in [0, 0.1) is 0 Å². The maximum absolute atomic E-state index is 9.60. The fourth-order valence-corrected chi connectivity index (χ4v) is 0.214. The second-order valence-electron chi connectivity index (χ2n) is 2.01. The molecule has 0 saturated heterocycles. The van der Waals surface area contributed by atoms with Gasteiger partial charge in [-0.15, -0.1) is 0 Å². The number of aliphatic carboxylic acids is 2. The maximum Gasteiger partial charge on any atom is 0.371 e. The first-order valence-corrected chi connectivity index (χ1v) is 3.37. The molecule has 0 aromatic heterocycles. The first-order chi connectivity index (χ1) is 5.41. The third kappa shape index (κ3) is 15.8. The highest BCUT2D eigenvalue weighted by atomic mass is 16.4. The predicted octanol–water partition coefficient (Wildman–Crippen LogP) is 0.531. The summed E-state index contributed by atoms with van der Waals surface area (Å²) in [5.74, 6) is -2.91. The summed E-state index contributed by atoms with van der Waals surface area (Å²) in [5.41, 5.74) is 0. The average molecular weight is 176 g/mol. The summed E-state index contributed by atoms with van der Waals surface area (Å²) >= 11 is 0. The fourth-order valence-electron chi connectivity index (χ4n) is 0.214. The van der Waals surface area contributed by atoms with Gasteiger partial charge in [0.25, 0.3) is 0 Å². The Kier molecular flexibility index (Phi) is 8.50. The molecule has 0 aromatic rings. The van der Waals surface area contributed by atoms with E-state index in [1.165, 1.54) is 0 Å². The minimum absolute atomic E-state index is 0.292. The SMILES string of the molecule is CC(=O)C(=O)O.CCCC(=O)O. The number of carbonyl (C=O) groups is 3. The summed E-state index contributed by atoms with van der Waals surface area (Å²) < 4.78 is 0. The van der Waals surface area contributed by atoms with Crippen LogP contribution in [-0.4, -0.2) is 27.9 Å². The van der Waals surface area contributed by atoms with Crippen molar-refractivity contribution in [2.45, 2.75) is 26.7 Å². The fraction of sp³-hybridized carbons (Fsp3) is 0.571. The van der Waals surface area contributed by atoms with Gasteiger partial charge in [0.2, 0.25) is 5.78 Å². The van der Waals surface area contributed by atoms with E-state index in [-0.39, 0.29) is 0 Å². The average Bonchev–Trinajstić information content (AvgIpc) is 1.87. The molecule has 0 rings (SSSR count). The molecule has 5 nitrogen and oxygen atoms in total. The molecule has 5 heteroatoms. The lowest BCUT2D eigenvalue weighted by Crippen LogP contribution is -2.05. The Balaban J connectivity index is 0. The van der Waals surface area contributed by atoms with Gasteiger partial charge in [-0.2, -0.15) is 0 Å². The van der Waals surface area contributed by atoms with E-state index >= 15 is 0 Å². The standard InChI is InChI=1S/C4H8O2.C3H4O3/c1-2-3-4(5)6;1-2(4)3(5)6/h2-3H2,1H3,(H,5,6);1H3,(H,5,6). The molecule has 0 heterocycles. The molecule has 0 aromatic carbocycles. The minimum Gasteiger partial charge on any atom is -0.481 e. The molecule has 0 aliphatic carbocycles. The van der Waals surface area contributed by atoms with E-state index < -0.39 is 17.7 Å². The summed E-state index contributed by atoms with van der Waals surface area (Å²) in [6.45, 7) is 2.84. The third-order valence-electron chi connectivity index (χ3n) is 0.765. The van der Waals surface area contributed by atoms with Crippen molar-refractivity contribution in [3.8, 4) is 0 Å².